The van der Waals surface area contributed by atoms with Crippen LogP contribution >= 0.6 is 12.4 Å². The minimum Gasteiger partial charge on any atom is -0.329 e. The van der Waals surface area contributed by atoms with Crippen LogP contribution in [0.2, 0.25) is 0 Å². The maximum absolute atomic E-state index is 13.0. The molecule has 3 rings (SSSR count). The van der Waals surface area contributed by atoms with Gasteiger partial charge in [-0.2, -0.15) is 5.10 Å². The first kappa shape index (κ1) is 20.1. The van der Waals surface area contributed by atoms with Crippen molar-refractivity contribution in [2.24, 2.45) is 5.73 Å². The number of aromatic nitrogens is 2. The molecule has 26 heavy (non-hydrogen) atoms. The minimum atomic E-state index is -0.244. The second kappa shape index (κ2) is 10.1. The highest BCUT2D eigenvalue weighted by atomic mass is 35.5. The molecule has 0 fully saturated rings. The summed E-state index contributed by atoms with van der Waals surface area (Å²) in [6, 6.07) is 18.8. The summed E-state index contributed by atoms with van der Waals surface area (Å²) in [5, 5.41) is 4.60. The van der Waals surface area contributed by atoms with E-state index in [0.29, 0.717) is 6.54 Å². The first-order valence-electron chi connectivity index (χ1n) is 8.51. The van der Waals surface area contributed by atoms with Crippen LogP contribution in [0.15, 0.2) is 66.9 Å². The molecule has 0 atom stereocenters. The second-order valence-corrected chi connectivity index (χ2v) is 6.03. The average molecular weight is 375 g/mol. The van der Waals surface area contributed by atoms with E-state index in [2.05, 4.69) is 34.3 Å². The van der Waals surface area contributed by atoms with Crippen LogP contribution in [0.3, 0.4) is 0 Å². The Balaban J connectivity index is 0.00000243. The minimum absolute atomic E-state index is 0. The highest BCUT2D eigenvalue weighted by Crippen LogP contribution is 2.11. The van der Waals surface area contributed by atoms with Crippen molar-refractivity contribution in [3.05, 3.63) is 83.9 Å². The van der Waals surface area contributed by atoms with Gasteiger partial charge in [0.15, 0.2) is 0 Å². The summed E-state index contributed by atoms with van der Waals surface area (Å²) in [5.41, 5.74) is 8.91. The largest absolute Gasteiger partial charge is 0.329 e. The number of nitrogens with two attached hydrogens (primary N) is 1. The first-order chi connectivity index (χ1) is 12.2. The zero-order valence-electron chi connectivity index (χ0n) is 14.6. The van der Waals surface area contributed by atoms with E-state index in [1.165, 1.54) is 17.7 Å². The molecule has 4 nitrogen and oxygen atoms in total. The van der Waals surface area contributed by atoms with Gasteiger partial charge in [0.05, 0.1) is 11.4 Å². The van der Waals surface area contributed by atoms with Gasteiger partial charge in [-0.15, -0.1) is 12.4 Å². The van der Waals surface area contributed by atoms with Crippen molar-refractivity contribution in [2.45, 2.75) is 13.0 Å². The normalized spacial score (nSPS) is 10.7. The van der Waals surface area contributed by atoms with E-state index in [1.807, 2.05) is 18.3 Å². The molecule has 1 aromatic heterocycles. The number of hydrogen-bond acceptors (Lipinski definition) is 3. The van der Waals surface area contributed by atoms with E-state index < -0.39 is 0 Å². The van der Waals surface area contributed by atoms with E-state index in [9.17, 15) is 4.39 Å². The van der Waals surface area contributed by atoms with Crippen molar-refractivity contribution in [2.75, 3.05) is 19.6 Å². The summed E-state index contributed by atoms with van der Waals surface area (Å²) in [5.74, 6) is -0.244. The van der Waals surface area contributed by atoms with Crippen molar-refractivity contribution in [1.82, 2.24) is 14.7 Å². The zero-order valence-corrected chi connectivity index (χ0v) is 15.4. The van der Waals surface area contributed by atoms with Gasteiger partial charge in [0.25, 0.3) is 0 Å². The van der Waals surface area contributed by atoms with Gasteiger partial charge >= 0.3 is 0 Å². The molecule has 0 aliphatic carbocycles. The lowest BCUT2D eigenvalue weighted by Gasteiger charge is -2.20. The molecule has 1 heterocycles. The van der Waals surface area contributed by atoms with Crippen LogP contribution in [0, 0.1) is 5.82 Å². The fourth-order valence-electron chi connectivity index (χ4n) is 2.80. The monoisotopic (exact) mass is 374 g/mol. The lowest BCUT2D eigenvalue weighted by Crippen LogP contribution is -2.31. The molecule has 0 saturated heterocycles. The maximum atomic E-state index is 13.0. The summed E-state index contributed by atoms with van der Waals surface area (Å²) >= 11 is 0. The molecule has 138 valence electrons. The van der Waals surface area contributed by atoms with Gasteiger partial charge in [-0.05, 0) is 42.3 Å². The fraction of sp³-hybridized carbons (Fsp3) is 0.250. The number of nitrogens with zero attached hydrogens (tertiary/aromatic N) is 3. The molecule has 6 heteroatoms. The Hall–Kier alpha value is -2.21. The van der Waals surface area contributed by atoms with E-state index in [1.54, 1.807) is 16.8 Å². The van der Waals surface area contributed by atoms with Crippen LogP contribution in [-0.4, -0.2) is 34.3 Å². The molecule has 0 spiro atoms. The Morgan fingerprint density at radius 2 is 1.69 bits per heavy atom. The lowest BCUT2D eigenvalue weighted by atomic mass is 10.1. The maximum Gasteiger partial charge on any atom is 0.123 e. The molecule has 0 bridgehead atoms. The van der Waals surface area contributed by atoms with Crippen molar-refractivity contribution in [3.63, 3.8) is 0 Å². The molecule has 0 aliphatic rings. The van der Waals surface area contributed by atoms with E-state index >= 15 is 0 Å². The molecule has 0 saturated carbocycles. The van der Waals surface area contributed by atoms with Crippen molar-refractivity contribution in [3.8, 4) is 5.69 Å². The molecular weight excluding hydrogens is 351 g/mol. The molecule has 0 amide bonds. The van der Waals surface area contributed by atoms with Gasteiger partial charge in [-0.3, -0.25) is 4.90 Å². The summed E-state index contributed by atoms with van der Waals surface area (Å²) in [7, 11) is 0. The molecule has 2 aromatic carbocycles. The predicted molar refractivity (Wildman–Crippen MR) is 105 cm³/mol. The lowest BCUT2D eigenvalue weighted by molar-refractivity contribution is 0.272. The van der Waals surface area contributed by atoms with Crippen LogP contribution in [0.1, 0.15) is 11.3 Å². The Kier molecular flexibility index (Phi) is 7.78. The zero-order chi connectivity index (χ0) is 17.5. The van der Waals surface area contributed by atoms with Gasteiger partial charge in [-0.25, -0.2) is 9.07 Å². The third kappa shape index (κ3) is 5.66. The van der Waals surface area contributed by atoms with Crippen LogP contribution in [0.4, 0.5) is 4.39 Å². The average Bonchev–Trinajstić information content (AvgIpc) is 3.10. The van der Waals surface area contributed by atoms with Crippen molar-refractivity contribution >= 4 is 12.4 Å². The van der Waals surface area contributed by atoms with Crippen molar-refractivity contribution in [1.29, 1.82) is 0 Å². The van der Waals surface area contributed by atoms with Gasteiger partial charge in [0.2, 0.25) is 0 Å². The SMILES string of the molecule is Cl.NCCN(CCc1ccccc1)Cc1ccn(-c2ccc(F)cc2)n1. The fourth-order valence-corrected chi connectivity index (χ4v) is 2.80. The summed E-state index contributed by atoms with van der Waals surface area (Å²) < 4.78 is 14.8. The predicted octanol–water partition coefficient (Wildman–Crippen LogP) is 3.44. The Morgan fingerprint density at radius 3 is 2.38 bits per heavy atom. The summed E-state index contributed by atoms with van der Waals surface area (Å²) in [4.78, 5) is 2.31. The molecule has 0 radical (unpaired) electrons. The van der Waals surface area contributed by atoms with Gasteiger partial charge in [0.1, 0.15) is 5.82 Å². The van der Waals surface area contributed by atoms with Gasteiger partial charge in [-0.1, -0.05) is 30.3 Å². The summed E-state index contributed by atoms with van der Waals surface area (Å²) in [6.45, 7) is 3.13. The van der Waals surface area contributed by atoms with Crippen molar-refractivity contribution < 1.29 is 4.39 Å². The van der Waals surface area contributed by atoms with E-state index in [-0.39, 0.29) is 18.2 Å². The summed E-state index contributed by atoms with van der Waals surface area (Å²) in [6.07, 6.45) is 2.89. The van der Waals surface area contributed by atoms with Gasteiger partial charge < -0.3 is 5.73 Å². The molecule has 0 aliphatic heterocycles. The topological polar surface area (TPSA) is 47.1 Å². The third-order valence-corrected chi connectivity index (χ3v) is 4.13. The smallest absolute Gasteiger partial charge is 0.123 e. The highest BCUT2D eigenvalue weighted by Gasteiger charge is 2.09. The highest BCUT2D eigenvalue weighted by molar-refractivity contribution is 5.85. The quantitative estimate of drug-likeness (QED) is 0.657. The van der Waals surface area contributed by atoms with Crippen LogP contribution in [0.25, 0.3) is 5.69 Å². The van der Waals surface area contributed by atoms with E-state index in [0.717, 1.165) is 37.4 Å². The molecule has 3 aromatic rings. The Bertz CT molecular complexity index is 774. The molecule has 2 N–H and O–H groups in total. The molecule has 0 unspecified atom stereocenters. The number of benzene rings is 2. The standard InChI is InChI=1S/C20H23FN4.ClH/c21-18-6-8-20(9-7-18)25-14-11-19(23-25)16-24(15-12-22)13-10-17-4-2-1-3-5-17;/h1-9,11,14H,10,12-13,15-16,22H2;1H. The Labute approximate surface area is 159 Å². The van der Waals surface area contributed by atoms with Crippen LogP contribution in [-0.2, 0) is 13.0 Å². The van der Waals surface area contributed by atoms with Gasteiger partial charge in [0, 0.05) is 32.4 Å². The number of rotatable bonds is 8. The second-order valence-electron chi connectivity index (χ2n) is 6.03. The third-order valence-electron chi connectivity index (χ3n) is 4.13. The van der Waals surface area contributed by atoms with E-state index in [4.69, 9.17) is 5.73 Å². The number of hydrogen-bond donors (Lipinski definition) is 1. The van der Waals surface area contributed by atoms with Crippen LogP contribution in [0.5, 0.6) is 0 Å². The first-order valence-corrected chi connectivity index (χ1v) is 8.51. The Morgan fingerprint density at radius 1 is 0.962 bits per heavy atom. The van der Waals surface area contributed by atoms with Crippen LogP contribution < -0.4 is 5.73 Å². The number of halogens is 2. The molecular formula is C20H24ClFN4.